The summed E-state index contributed by atoms with van der Waals surface area (Å²) in [5, 5.41) is 13.1. The van der Waals surface area contributed by atoms with Gasteiger partial charge in [-0.2, -0.15) is 8.42 Å². The van der Waals surface area contributed by atoms with Crippen LogP contribution in [0.2, 0.25) is 0 Å². The lowest BCUT2D eigenvalue weighted by molar-refractivity contribution is -0.122. The van der Waals surface area contributed by atoms with E-state index >= 15 is 0 Å². The van der Waals surface area contributed by atoms with Crippen molar-refractivity contribution in [2.75, 3.05) is 5.75 Å². The van der Waals surface area contributed by atoms with Crippen molar-refractivity contribution >= 4 is 16.0 Å². The molecule has 3 N–H and O–H groups in total. The summed E-state index contributed by atoms with van der Waals surface area (Å²) in [6.07, 6.45) is 51.4. The third-order valence-corrected chi connectivity index (χ3v) is 8.86. The minimum atomic E-state index is -4.35. The van der Waals surface area contributed by atoms with Gasteiger partial charge in [-0.1, -0.05) is 163 Å². The molecule has 0 aliphatic carbocycles. The van der Waals surface area contributed by atoms with Crippen molar-refractivity contribution in [3.05, 3.63) is 85.1 Å². The average molecular weight is 702 g/mol. The first-order valence-electron chi connectivity index (χ1n) is 19.3. The molecule has 0 bridgehead atoms. The highest BCUT2D eigenvalue weighted by Crippen LogP contribution is 2.12. The fourth-order valence-corrected chi connectivity index (χ4v) is 5.95. The number of unbranched alkanes of at least 4 members (excludes halogenated alkanes) is 13. The van der Waals surface area contributed by atoms with Crippen LogP contribution in [0.4, 0.5) is 0 Å². The Morgan fingerprint density at radius 2 is 0.980 bits per heavy atom. The number of aliphatic hydroxyl groups is 1. The van der Waals surface area contributed by atoms with Gasteiger partial charge in [0.2, 0.25) is 5.91 Å². The summed E-state index contributed by atoms with van der Waals surface area (Å²) < 4.78 is 32.4. The van der Waals surface area contributed by atoms with Crippen LogP contribution in [0.5, 0.6) is 0 Å². The smallest absolute Gasteiger partial charge is 0.267 e. The first kappa shape index (κ1) is 46.5. The number of rotatable bonds is 33. The fourth-order valence-electron chi connectivity index (χ4n) is 5.22. The van der Waals surface area contributed by atoms with Crippen molar-refractivity contribution in [2.45, 2.75) is 167 Å². The van der Waals surface area contributed by atoms with Gasteiger partial charge in [0.25, 0.3) is 10.1 Å². The van der Waals surface area contributed by atoms with Crippen molar-refractivity contribution in [1.82, 2.24) is 5.32 Å². The molecule has 0 fully saturated rings. The molecule has 2 unspecified atom stereocenters. The monoisotopic (exact) mass is 702 g/mol. The van der Waals surface area contributed by atoms with Crippen LogP contribution in [0.25, 0.3) is 0 Å². The highest BCUT2D eigenvalue weighted by atomic mass is 32.2. The summed E-state index contributed by atoms with van der Waals surface area (Å²) in [5.74, 6) is -1.02. The zero-order valence-electron chi connectivity index (χ0n) is 31.0. The Balaban J connectivity index is 4.02. The molecule has 1 amide bonds. The van der Waals surface area contributed by atoms with Crippen molar-refractivity contribution in [1.29, 1.82) is 0 Å². The lowest BCUT2D eigenvalue weighted by Crippen LogP contribution is -2.46. The molecule has 0 aromatic heterocycles. The van der Waals surface area contributed by atoms with Gasteiger partial charge in [-0.25, -0.2) is 0 Å². The number of aliphatic hydroxyl groups excluding tert-OH is 1. The molecule has 0 aliphatic rings. The summed E-state index contributed by atoms with van der Waals surface area (Å²) in [6, 6.07) is -1.07. The van der Waals surface area contributed by atoms with E-state index in [0.29, 0.717) is 6.42 Å². The van der Waals surface area contributed by atoms with Crippen LogP contribution in [0.15, 0.2) is 85.1 Å². The van der Waals surface area contributed by atoms with Crippen LogP contribution in [-0.2, 0) is 14.9 Å². The van der Waals surface area contributed by atoms with Crippen molar-refractivity contribution in [3.8, 4) is 0 Å². The Kier molecular flexibility index (Phi) is 33.6. The molecular weight excluding hydrogens is 631 g/mol. The number of hydrogen-bond acceptors (Lipinski definition) is 4. The molecule has 0 rings (SSSR count). The Hall–Kier alpha value is -2.48. The first-order valence-corrected chi connectivity index (χ1v) is 20.9. The SMILES string of the molecule is CC/C=C\C/C=C\C/C=C\C/C=C\C/C=C\C/C=C\CCCCCCC(=O)NC(CS(=O)(=O)O)C(O)/C=C/CCCCCCCCCCC. The molecule has 0 radical (unpaired) electrons. The van der Waals surface area contributed by atoms with E-state index in [1.165, 1.54) is 51.0 Å². The highest BCUT2D eigenvalue weighted by molar-refractivity contribution is 7.85. The third-order valence-electron chi connectivity index (χ3n) is 8.08. The quantitative estimate of drug-likeness (QED) is 0.0359. The summed E-state index contributed by atoms with van der Waals surface area (Å²) in [4.78, 5) is 12.5. The summed E-state index contributed by atoms with van der Waals surface area (Å²) in [5.41, 5.74) is 0. The number of hydrogen-bond donors (Lipinski definition) is 3. The lowest BCUT2D eigenvalue weighted by Gasteiger charge is -2.21. The van der Waals surface area contributed by atoms with E-state index in [-0.39, 0.29) is 12.3 Å². The predicted octanol–water partition coefficient (Wildman–Crippen LogP) is 11.2. The van der Waals surface area contributed by atoms with Gasteiger partial charge >= 0.3 is 0 Å². The molecule has 0 heterocycles. The van der Waals surface area contributed by atoms with Gasteiger partial charge in [0.1, 0.15) is 0 Å². The van der Waals surface area contributed by atoms with Crippen LogP contribution >= 0.6 is 0 Å². The van der Waals surface area contributed by atoms with Crippen LogP contribution in [0.1, 0.15) is 155 Å². The largest absolute Gasteiger partial charge is 0.387 e. The van der Waals surface area contributed by atoms with E-state index in [1.807, 2.05) is 6.08 Å². The second-order valence-electron chi connectivity index (χ2n) is 12.8. The van der Waals surface area contributed by atoms with E-state index in [4.69, 9.17) is 0 Å². The van der Waals surface area contributed by atoms with Crippen LogP contribution in [-0.4, -0.2) is 41.9 Å². The standard InChI is InChI=1S/C42H71NO5S/c1-3-5-7-9-11-13-15-16-17-18-19-20-21-22-23-24-25-26-28-30-32-34-36-38-42(45)43-40(39-49(46,47)48)41(44)37-35-33-31-29-27-14-12-10-8-6-4-2/h5,7,11,13,16-17,19-20,22-23,25-26,35,37,40-41,44H,3-4,6,8-10,12,14-15,18,21,24,27-34,36,38-39H2,1-2H3,(H,43,45)(H,46,47,48)/b7-5-,13-11-,17-16-,20-19-,23-22-,26-25-,37-35+. The van der Waals surface area contributed by atoms with Crippen molar-refractivity contribution in [2.24, 2.45) is 0 Å². The fraction of sp³-hybridized carbons (Fsp3) is 0.643. The maximum atomic E-state index is 12.5. The Bertz CT molecular complexity index is 1080. The summed E-state index contributed by atoms with van der Waals surface area (Å²) >= 11 is 0. The molecule has 0 aliphatic heterocycles. The van der Waals surface area contributed by atoms with Crippen LogP contribution in [0.3, 0.4) is 0 Å². The molecule has 280 valence electrons. The topological polar surface area (TPSA) is 104 Å². The van der Waals surface area contributed by atoms with E-state index < -0.39 is 28.0 Å². The number of allylic oxidation sites excluding steroid dienone is 13. The predicted molar refractivity (Wildman–Crippen MR) is 211 cm³/mol. The maximum absolute atomic E-state index is 12.5. The zero-order valence-corrected chi connectivity index (χ0v) is 31.8. The van der Waals surface area contributed by atoms with Gasteiger partial charge in [-0.15, -0.1) is 0 Å². The third kappa shape index (κ3) is 36.6. The Labute approximate surface area is 301 Å². The summed E-state index contributed by atoms with van der Waals surface area (Å²) in [7, 11) is -4.35. The van der Waals surface area contributed by atoms with Gasteiger partial charge in [0, 0.05) is 6.42 Å². The van der Waals surface area contributed by atoms with E-state index in [0.717, 1.165) is 83.5 Å². The van der Waals surface area contributed by atoms with Gasteiger partial charge in [-0.3, -0.25) is 9.35 Å². The Morgan fingerprint density at radius 3 is 1.45 bits per heavy atom. The van der Waals surface area contributed by atoms with Crippen LogP contribution in [0, 0.1) is 0 Å². The normalized spacial score (nSPS) is 14.3. The molecule has 7 heteroatoms. The second-order valence-corrected chi connectivity index (χ2v) is 14.3. The van der Waals surface area contributed by atoms with Gasteiger partial charge in [-0.05, 0) is 70.6 Å². The minimum Gasteiger partial charge on any atom is -0.387 e. The molecule has 2 atom stereocenters. The molecule has 0 spiro atoms. The number of amides is 1. The molecule has 0 aromatic rings. The van der Waals surface area contributed by atoms with Gasteiger partial charge < -0.3 is 10.4 Å². The number of nitrogens with one attached hydrogen (secondary N) is 1. The number of carbonyl (C=O) groups excluding carboxylic acids is 1. The van der Waals surface area contributed by atoms with Crippen molar-refractivity contribution < 1.29 is 22.9 Å². The van der Waals surface area contributed by atoms with E-state index in [2.05, 4.69) is 92.1 Å². The summed E-state index contributed by atoms with van der Waals surface area (Å²) in [6.45, 7) is 4.37. The zero-order chi connectivity index (χ0) is 36.1. The molecule has 0 aromatic carbocycles. The Morgan fingerprint density at radius 1 is 0.571 bits per heavy atom. The number of carbonyl (C=O) groups is 1. The first-order chi connectivity index (χ1) is 23.8. The molecule has 49 heavy (non-hydrogen) atoms. The molecular formula is C42H71NO5S. The van der Waals surface area contributed by atoms with Crippen molar-refractivity contribution in [3.63, 3.8) is 0 Å². The molecule has 0 saturated carbocycles. The highest BCUT2D eigenvalue weighted by Gasteiger charge is 2.24. The lowest BCUT2D eigenvalue weighted by atomic mass is 10.1. The second kappa shape index (κ2) is 35.3. The van der Waals surface area contributed by atoms with Crippen LogP contribution < -0.4 is 5.32 Å². The van der Waals surface area contributed by atoms with Gasteiger partial charge in [0.15, 0.2) is 0 Å². The molecule has 6 nitrogen and oxygen atoms in total. The minimum absolute atomic E-state index is 0.261. The van der Waals surface area contributed by atoms with Gasteiger partial charge in [0.05, 0.1) is 17.9 Å². The van der Waals surface area contributed by atoms with E-state index in [1.54, 1.807) is 0 Å². The average Bonchev–Trinajstić information content (AvgIpc) is 3.06. The maximum Gasteiger partial charge on any atom is 0.267 e. The van der Waals surface area contributed by atoms with E-state index in [9.17, 15) is 22.9 Å². The molecule has 0 saturated heterocycles.